The molecule has 0 fully saturated rings. The molecule has 1 aromatic rings. The lowest BCUT2D eigenvalue weighted by molar-refractivity contribution is -0.120. The van der Waals surface area contributed by atoms with Crippen LogP contribution in [0, 0.1) is 5.82 Å². The number of sulfone groups is 1. The van der Waals surface area contributed by atoms with Gasteiger partial charge >= 0.3 is 0 Å². The second kappa shape index (κ2) is 6.47. The van der Waals surface area contributed by atoms with Crippen molar-refractivity contribution in [3.8, 4) is 0 Å². The van der Waals surface area contributed by atoms with E-state index in [1.807, 2.05) is 0 Å². The third-order valence-electron chi connectivity index (χ3n) is 2.64. The van der Waals surface area contributed by atoms with Gasteiger partial charge in [-0.15, -0.1) is 6.58 Å². The molecule has 0 aliphatic heterocycles. The first-order valence-corrected chi connectivity index (χ1v) is 7.43. The highest BCUT2D eigenvalue weighted by molar-refractivity contribution is 7.92. The van der Waals surface area contributed by atoms with Gasteiger partial charge < -0.3 is 5.32 Å². The van der Waals surface area contributed by atoms with Crippen LogP contribution in [-0.2, 0) is 21.2 Å². The molecule has 0 aromatic heterocycles. The zero-order valence-corrected chi connectivity index (χ0v) is 11.4. The lowest BCUT2D eigenvalue weighted by Gasteiger charge is -2.12. The van der Waals surface area contributed by atoms with Crippen LogP contribution in [0.15, 0.2) is 36.9 Å². The molecule has 104 valence electrons. The molecule has 1 amide bonds. The summed E-state index contributed by atoms with van der Waals surface area (Å²) in [5.74, 6) is -1.18. The minimum absolute atomic E-state index is 0.160. The zero-order chi connectivity index (χ0) is 14.5. The Morgan fingerprint density at radius 3 is 2.53 bits per heavy atom. The van der Waals surface area contributed by atoms with Gasteiger partial charge in [-0.2, -0.15) is 0 Å². The molecule has 0 saturated heterocycles. The maximum Gasteiger partial charge on any atom is 0.238 e. The van der Waals surface area contributed by atoms with Crippen LogP contribution < -0.4 is 5.32 Å². The van der Waals surface area contributed by atoms with E-state index in [9.17, 15) is 17.6 Å². The predicted octanol–water partition coefficient (Wildman–Crippen LogP) is 1.43. The molecule has 1 atom stereocenters. The van der Waals surface area contributed by atoms with E-state index in [2.05, 4.69) is 11.9 Å². The highest BCUT2D eigenvalue weighted by atomic mass is 32.2. The first-order chi connectivity index (χ1) is 8.86. The molecule has 0 saturated carbocycles. The Hall–Kier alpha value is -1.69. The molecule has 19 heavy (non-hydrogen) atoms. The van der Waals surface area contributed by atoms with Gasteiger partial charge in [-0.3, -0.25) is 4.79 Å². The van der Waals surface area contributed by atoms with Crippen LogP contribution in [-0.4, -0.2) is 25.3 Å². The first-order valence-electron chi connectivity index (χ1n) is 5.71. The number of hydrogen-bond acceptors (Lipinski definition) is 3. The maximum absolute atomic E-state index is 12.7. The van der Waals surface area contributed by atoms with Crippen LogP contribution in [0.1, 0.15) is 12.5 Å². The van der Waals surface area contributed by atoms with Crippen molar-refractivity contribution in [2.45, 2.75) is 18.7 Å². The van der Waals surface area contributed by atoms with E-state index in [-0.39, 0.29) is 18.1 Å². The van der Waals surface area contributed by atoms with Crippen LogP contribution >= 0.6 is 0 Å². The summed E-state index contributed by atoms with van der Waals surface area (Å²) in [4.78, 5) is 11.7. The number of rotatable bonds is 6. The first kappa shape index (κ1) is 15.4. The van der Waals surface area contributed by atoms with Crippen LogP contribution in [0.3, 0.4) is 0 Å². The number of hydrogen-bond donors (Lipinski definition) is 1. The van der Waals surface area contributed by atoms with Crippen molar-refractivity contribution in [2.24, 2.45) is 0 Å². The molecule has 6 heteroatoms. The minimum Gasteiger partial charge on any atom is -0.351 e. The molecule has 4 nitrogen and oxygen atoms in total. The third-order valence-corrected chi connectivity index (χ3v) is 4.63. The topological polar surface area (TPSA) is 63.2 Å². The fraction of sp³-hybridized carbons (Fsp3) is 0.308. The Morgan fingerprint density at radius 2 is 2.00 bits per heavy atom. The third kappa shape index (κ3) is 4.48. The highest BCUT2D eigenvalue weighted by Crippen LogP contribution is 2.05. The monoisotopic (exact) mass is 285 g/mol. The van der Waals surface area contributed by atoms with Crippen molar-refractivity contribution in [2.75, 3.05) is 5.75 Å². The van der Waals surface area contributed by atoms with Crippen LogP contribution in [0.2, 0.25) is 0 Å². The molecular weight excluding hydrogens is 269 g/mol. The molecule has 1 N–H and O–H groups in total. The van der Waals surface area contributed by atoms with E-state index in [4.69, 9.17) is 0 Å². The summed E-state index contributed by atoms with van der Waals surface area (Å²) in [6.07, 6.45) is 1.25. The molecule has 1 aromatic carbocycles. The van der Waals surface area contributed by atoms with Gasteiger partial charge in [0, 0.05) is 6.54 Å². The Kier molecular flexibility index (Phi) is 5.23. The molecule has 0 aliphatic carbocycles. The Labute approximate surface area is 112 Å². The Bertz CT molecular complexity index is 552. The van der Waals surface area contributed by atoms with Crippen molar-refractivity contribution in [3.63, 3.8) is 0 Å². The zero-order valence-electron chi connectivity index (χ0n) is 10.6. The average molecular weight is 285 g/mol. The van der Waals surface area contributed by atoms with E-state index in [1.54, 1.807) is 0 Å². The van der Waals surface area contributed by atoms with E-state index in [0.717, 1.165) is 0 Å². The van der Waals surface area contributed by atoms with Gasteiger partial charge in [-0.25, -0.2) is 12.8 Å². The van der Waals surface area contributed by atoms with E-state index < -0.39 is 21.0 Å². The average Bonchev–Trinajstić information content (AvgIpc) is 2.36. The number of halogens is 1. The molecule has 1 unspecified atom stereocenters. The minimum atomic E-state index is -3.51. The Balaban J connectivity index is 2.60. The van der Waals surface area contributed by atoms with E-state index in [0.29, 0.717) is 5.56 Å². The lowest BCUT2D eigenvalue weighted by atomic mass is 10.2. The maximum atomic E-state index is 12.7. The summed E-state index contributed by atoms with van der Waals surface area (Å²) in [6.45, 7) is 4.83. The fourth-order valence-electron chi connectivity index (χ4n) is 1.41. The summed E-state index contributed by atoms with van der Waals surface area (Å²) in [5, 5.41) is 1.37. The molecule has 0 heterocycles. The summed E-state index contributed by atoms with van der Waals surface area (Å²) < 4.78 is 36.0. The summed E-state index contributed by atoms with van der Waals surface area (Å²) in [7, 11) is -3.51. The van der Waals surface area contributed by atoms with Crippen LogP contribution in [0.4, 0.5) is 4.39 Å². The molecule has 0 bridgehead atoms. The number of benzene rings is 1. The van der Waals surface area contributed by atoms with Gasteiger partial charge in [0.15, 0.2) is 9.84 Å². The van der Waals surface area contributed by atoms with Crippen molar-refractivity contribution in [1.29, 1.82) is 0 Å². The van der Waals surface area contributed by atoms with Gasteiger partial charge in [0.25, 0.3) is 0 Å². The van der Waals surface area contributed by atoms with Crippen LogP contribution in [0.5, 0.6) is 0 Å². The number of amides is 1. The lowest BCUT2D eigenvalue weighted by Crippen LogP contribution is -2.38. The van der Waals surface area contributed by atoms with Gasteiger partial charge in [-0.1, -0.05) is 18.2 Å². The molecule has 0 spiro atoms. The van der Waals surface area contributed by atoms with E-state index in [1.165, 1.54) is 37.3 Å². The largest absolute Gasteiger partial charge is 0.351 e. The Morgan fingerprint density at radius 1 is 1.42 bits per heavy atom. The summed E-state index contributed by atoms with van der Waals surface area (Å²) >= 11 is 0. The normalized spacial score (nSPS) is 12.7. The SMILES string of the molecule is C=CCS(=O)(=O)C(C)C(=O)NCc1ccc(F)cc1. The smallest absolute Gasteiger partial charge is 0.238 e. The number of carbonyl (C=O) groups excluding carboxylic acids is 1. The van der Waals surface area contributed by atoms with Gasteiger partial charge in [0.1, 0.15) is 11.1 Å². The van der Waals surface area contributed by atoms with Gasteiger partial charge in [0.05, 0.1) is 5.75 Å². The van der Waals surface area contributed by atoms with Crippen molar-refractivity contribution in [3.05, 3.63) is 48.3 Å². The summed E-state index contributed by atoms with van der Waals surface area (Å²) in [6, 6.07) is 5.61. The van der Waals surface area contributed by atoms with E-state index >= 15 is 0 Å². The molecule has 0 radical (unpaired) electrons. The van der Waals surface area contributed by atoms with Crippen molar-refractivity contribution in [1.82, 2.24) is 5.32 Å². The molecular formula is C13H16FNO3S. The highest BCUT2D eigenvalue weighted by Gasteiger charge is 2.26. The second-order valence-electron chi connectivity index (χ2n) is 4.10. The fourth-order valence-corrected chi connectivity index (χ4v) is 2.43. The molecule has 0 aliphatic rings. The van der Waals surface area contributed by atoms with Crippen LogP contribution in [0.25, 0.3) is 0 Å². The van der Waals surface area contributed by atoms with Crippen molar-refractivity contribution >= 4 is 15.7 Å². The molecule has 1 rings (SSSR count). The summed E-state index contributed by atoms with van der Waals surface area (Å²) in [5.41, 5.74) is 0.697. The quantitative estimate of drug-likeness (QED) is 0.804. The second-order valence-corrected chi connectivity index (χ2v) is 6.47. The number of nitrogens with one attached hydrogen (secondary N) is 1. The van der Waals surface area contributed by atoms with Gasteiger partial charge in [-0.05, 0) is 24.6 Å². The predicted molar refractivity (Wildman–Crippen MR) is 71.7 cm³/mol. The van der Waals surface area contributed by atoms with Gasteiger partial charge in [0.2, 0.25) is 5.91 Å². The standard InChI is InChI=1S/C13H16FNO3S/c1-3-8-19(17,18)10(2)13(16)15-9-11-4-6-12(14)7-5-11/h3-7,10H,1,8-9H2,2H3,(H,15,16). The van der Waals surface area contributed by atoms with Crippen molar-refractivity contribution < 1.29 is 17.6 Å². The number of carbonyl (C=O) groups is 1.